The van der Waals surface area contributed by atoms with Crippen LogP contribution in [-0.2, 0) is 0 Å². The van der Waals surface area contributed by atoms with E-state index < -0.39 is 0 Å². The van der Waals surface area contributed by atoms with E-state index in [2.05, 4.69) is 84.0 Å². The Morgan fingerprint density at radius 1 is 0.630 bits per heavy atom. The summed E-state index contributed by atoms with van der Waals surface area (Å²) < 4.78 is 0. The summed E-state index contributed by atoms with van der Waals surface area (Å²) in [5, 5.41) is 10.2. The molecule has 27 heavy (non-hydrogen) atoms. The fourth-order valence-corrected chi connectivity index (χ4v) is 3.81. The van der Waals surface area contributed by atoms with E-state index in [1.54, 1.807) is 6.07 Å². The molecule has 3 aromatic rings. The maximum atomic E-state index is 10.2. The largest absolute Gasteiger partial charge is 0.508 e. The van der Waals surface area contributed by atoms with Crippen LogP contribution < -0.4 is 0 Å². The highest BCUT2D eigenvalue weighted by Crippen LogP contribution is 2.40. The lowest BCUT2D eigenvalue weighted by Crippen LogP contribution is -1.98. The Morgan fingerprint density at radius 3 is 1.89 bits per heavy atom. The van der Waals surface area contributed by atoms with Crippen molar-refractivity contribution in [1.82, 2.24) is 0 Å². The molecule has 0 atom stereocenters. The summed E-state index contributed by atoms with van der Waals surface area (Å²) in [7, 11) is 0. The zero-order valence-corrected chi connectivity index (χ0v) is 17.3. The van der Waals surface area contributed by atoms with Crippen molar-refractivity contribution in [3.05, 3.63) is 76.9 Å². The zero-order chi connectivity index (χ0) is 19.7. The molecule has 0 unspecified atom stereocenters. The summed E-state index contributed by atoms with van der Waals surface area (Å²) in [6.45, 7) is 13.2. The van der Waals surface area contributed by atoms with Gasteiger partial charge >= 0.3 is 0 Å². The molecule has 0 aliphatic rings. The number of phenols is 1. The van der Waals surface area contributed by atoms with Crippen molar-refractivity contribution in [3.63, 3.8) is 0 Å². The molecule has 140 valence electrons. The minimum Gasteiger partial charge on any atom is -0.508 e. The first-order valence-corrected chi connectivity index (χ1v) is 9.82. The van der Waals surface area contributed by atoms with Gasteiger partial charge in [-0.25, -0.2) is 0 Å². The molecular weight excluding hydrogens is 328 g/mol. The molecule has 1 N–H and O–H groups in total. The molecular formula is C26H30O. The molecule has 0 fully saturated rings. The average Bonchev–Trinajstić information content (AvgIpc) is 2.60. The Bertz CT molecular complexity index is 944. The fraction of sp³-hybridized carbons (Fsp3) is 0.308. The highest BCUT2D eigenvalue weighted by Gasteiger charge is 2.16. The summed E-state index contributed by atoms with van der Waals surface area (Å²) in [6.07, 6.45) is 0. The van der Waals surface area contributed by atoms with Crippen molar-refractivity contribution in [3.8, 4) is 28.0 Å². The number of phenolic OH excluding ortho intramolecular Hbond substituents is 1. The van der Waals surface area contributed by atoms with Gasteiger partial charge in [0.25, 0.3) is 0 Å². The van der Waals surface area contributed by atoms with Gasteiger partial charge in [-0.1, -0.05) is 81.3 Å². The van der Waals surface area contributed by atoms with Crippen molar-refractivity contribution < 1.29 is 5.11 Å². The Labute approximate surface area is 163 Å². The molecule has 0 heterocycles. The van der Waals surface area contributed by atoms with Gasteiger partial charge in [0, 0.05) is 0 Å². The summed E-state index contributed by atoms with van der Waals surface area (Å²) >= 11 is 0. The third-order valence-electron chi connectivity index (χ3n) is 5.19. The molecule has 1 nitrogen and oxygen atoms in total. The first kappa shape index (κ1) is 19.2. The summed E-state index contributed by atoms with van der Waals surface area (Å²) in [5.74, 6) is 1.22. The van der Waals surface area contributed by atoms with E-state index in [9.17, 15) is 5.11 Å². The molecule has 0 aliphatic carbocycles. The van der Waals surface area contributed by atoms with Gasteiger partial charge in [0.1, 0.15) is 5.75 Å². The molecule has 0 saturated carbocycles. The van der Waals surface area contributed by atoms with Crippen molar-refractivity contribution in [1.29, 1.82) is 0 Å². The van der Waals surface area contributed by atoms with Gasteiger partial charge in [-0.2, -0.15) is 0 Å². The van der Waals surface area contributed by atoms with Gasteiger partial charge in [-0.3, -0.25) is 0 Å². The normalized spacial score (nSPS) is 11.4. The molecule has 0 amide bonds. The summed E-state index contributed by atoms with van der Waals surface area (Å²) in [4.78, 5) is 0. The number of benzene rings is 3. The Hall–Kier alpha value is -2.54. The van der Waals surface area contributed by atoms with Crippen LogP contribution in [-0.4, -0.2) is 5.11 Å². The first-order valence-electron chi connectivity index (χ1n) is 9.82. The maximum absolute atomic E-state index is 10.2. The van der Waals surface area contributed by atoms with Crippen molar-refractivity contribution in [2.75, 3.05) is 0 Å². The number of aryl methyl sites for hydroxylation is 2. The van der Waals surface area contributed by atoms with Crippen LogP contribution >= 0.6 is 0 Å². The Kier molecular flexibility index (Phi) is 5.41. The Balaban J connectivity index is 2.31. The van der Waals surface area contributed by atoms with Crippen LogP contribution in [0.5, 0.6) is 5.75 Å². The molecule has 3 aromatic carbocycles. The first-order chi connectivity index (χ1) is 12.8. The van der Waals surface area contributed by atoms with E-state index in [1.807, 2.05) is 6.07 Å². The predicted octanol–water partition coefficient (Wildman–Crippen LogP) is 7.59. The standard InChI is InChI=1S/C26H30O/c1-16(2)20-7-9-23(17(3)4)26(14-20)24-10-8-22(27)15-25(24)21-12-18(5)11-19(6)13-21/h7-17,27H,1-6H3. The minimum absolute atomic E-state index is 0.305. The molecule has 0 radical (unpaired) electrons. The van der Waals surface area contributed by atoms with Crippen LogP contribution in [0.25, 0.3) is 22.3 Å². The van der Waals surface area contributed by atoms with Gasteiger partial charge in [0.15, 0.2) is 0 Å². The zero-order valence-electron chi connectivity index (χ0n) is 17.3. The highest BCUT2D eigenvalue weighted by molar-refractivity contribution is 5.86. The molecule has 3 rings (SSSR count). The predicted molar refractivity (Wildman–Crippen MR) is 117 cm³/mol. The second-order valence-electron chi connectivity index (χ2n) is 8.26. The van der Waals surface area contributed by atoms with Crippen LogP contribution in [0.3, 0.4) is 0 Å². The fourth-order valence-electron chi connectivity index (χ4n) is 3.81. The van der Waals surface area contributed by atoms with E-state index in [4.69, 9.17) is 0 Å². The van der Waals surface area contributed by atoms with Gasteiger partial charge in [-0.15, -0.1) is 0 Å². The molecule has 0 spiro atoms. The van der Waals surface area contributed by atoms with Gasteiger partial charge in [0.2, 0.25) is 0 Å². The van der Waals surface area contributed by atoms with Gasteiger partial charge < -0.3 is 5.11 Å². The molecule has 1 heteroatoms. The maximum Gasteiger partial charge on any atom is 0.116 e. The van der Waals surface area contributed by atoms with Crippen LogP contribution in [0.15, 0.2) is 54.6 Å². The van der Waals surface area contributed by atoms with E-state index >= 15 is 0 Å². The number of rotatable bonds is 4. The van der Waals surface area contributed by atoms with Crippen LogP contribution in [0.1, 0.15) is 61.8 Å². The molecule has 0 saturated heterocycles. The minimum atomic E-state index is 0.305. The third kappa shape index (κ3) is 4.08. The lowest BCUT2D eigenvalue weighted by atomic mass is 9.85. The highest BCUT2D eigenvalue weighted by atomic mass is 16.3. The molecule has 0 bridgehead atoms. The van der Waals surface area contributed by atoms with E-state index in [0.29, 0.717) is 17.6 Å². The van der Waals surface area contributed by atoms with Gasteiger partial charge in [-0.05, 0) is 71.2 Å². The molecule has 0 aliphatic heterocycles. The second-order valence-corrected chi connectivity index (χ2v) is 8.26. The van der Waals surface area contributed by atoms with Crippen LogP contribution in [0, 0.1) is 13.8 Å². The topological polar surface area (TPSA) is 20.2 Å². The van der Waals surface area contributed by atoms with Gasteiger partial charge in [0.05, 0.1) is 0 Å². The Morgan fingerprint density at radius 2 is 1.30 bits per heavy atom. The average molecular weight is 359 g/mol. The SMILES string of the molecule is Cc1cc(C)cc(-c2cc(O)ccc2-c2cc(C(C)C)ccc2C(C)C)c1. The van der Waals surface area contributed by atoms with Crippen molar-refractivity contribution in [2.24, 2.45) is 0 Å². The number of hydrogen-bond donors (Lipinski definition) is 1. The van der Waals surface area contributed by atoms with Crippen LogP contribution in [0.2, 0.25) is 0 Å². The van der Waals surface area contributed by atoms with E-state index in [-0.39, 0.29) is 0 Å². The molecule has 0 aromatic heterocycles. The van der Waals surface area contributed by atoms with E-state index in [0.717, 1.165) is 11.1 Å². The smallest absolute Gasteiger partial charge is 0.116 e. The quantitative estimate of drug-likeness (QED) is 0.509. The van der Waals surface area contributed by atoms with E-state index in [1.165, 1.54) is 33.4 Å². The number of aromatic hydroxyl groups is 1. The lowest BCUT2D eigenvalue weighted by molar-refractivity contribution is 0.475. The van der Waals surface area contributed by atoms with Crippen molar-refractivity contribution >= 4 is 0 Å². The third-order valence-corrected chi connectivity index (χ3v) is 5.19. The van der Waals surface area contributed by atoms with Crippen molar-refractivity contribution in [2.45, 2.75) is 53.4 Å². The van der Waals surface area contributed by atoms with Crippen LogP contribution in [0.4, 0.5) is 0 Å². The second kappa shape index (κ2) is 7.60. The monoisotopic (exact) mass is 358 g/mol. The lowest BCUT2D eigenvalue weighted by Gasteiger charge is -2.19. The number of hydrogen-bond acceptors (Lipinski definition) is 1. The summed E-state index contributed by atoms with van der Waals surface area (Å²) in [5.41, 5.74) is 9.85. The summed E-state index contributed by atoms with van der Waals surface area (Å²) in [6, 6.07) is 19.2.